The standard InChI is InChI=1S/C17H17F6N5O2/c1-30-26-10(4-9-5-12(19)13(20)7-11(9)18)6-15(29)27-2-3-28-14(8-27)24-25-16(28)17(21,22)23/h5,7,10,26H,2-4,6,8H2,1H3. The number of hydrogen-bond donors (Lipinski definition) is 1. The van der Waals surface area contributed by atoms with Crippen molar-refractivity contribution in [1.29, 1.82) is 0 Å². The van der Waals surface area contributed by atoms with E-state index in [1.165, 1.54) is 12.0 Å². The number of alkyl halides is 3. The smallest absolute Gasteiger partial charge is 0.333 e. The third-order valence-corrected chi connectivity index (χ3v) is 4.62. The molecule has 0 fully saturated rings. The number of halogens is 6. The van der Waals surface area contributed by atoms with Crippen molar-refractivity contribution in [2.75, 3.05) is 13.7 Å². The highest BCUT2D eigenvalue weighted by molar-refractivity contribution is 5.77. The Morgan fingerprint density at radius 2 is 1.87 bits per heavy atom. The lowest BCUT2D eigenvalue weighted by Gasteiger charge is -2.29. The van der Waals surface area contributed by atoms with Crippen LogP contribution >= 0.6 is 0 Å². The Labute approximate surface area is 166 Å². The largest absolute Gasteiger partial charge is 0.451 e. The Kier molecular flexibility index (Phi) is 6.31. The van der Waals surface area contributed by atoms with Gasteiger partial charge in [-0.25, -0.2) is 13.2 Å². The van der Waals surface area contributed by atoms with Crippen molar-refractivity contribution in [1.82, 2.24) is 25.1 Å². The molecule has 0 saturated carbocycles. The highest BCUT2D eigenvalue weighted by atomic mass is 19.4. The number of nitrogens with zero attached hydrogens (tertiary/aromatic N) is 4. The molecule has 1 aromatic carbocycles. The first-order valence-corrected chi connectivity index (χ1v) is 8.79. The Balaban J connectivity index is 1.69. The first-order chi connectivity index (χ1) is 14.1. The lowest BCUT2D eigenvalue weighted by molar-refractivity contribution is -0.148. The van der Waals surface area contributed by atoms with Crippen molar-refractivity contribution in [3.63, 3.8) is 0 Å². The summed E-state index contributed by atoms with van der Waals surface area (Å²) in [6.07, 6.45) is -5.07. The molecular formula is C17H17F6N5O2. The molecule has 1 amide bonds. The maximum absolute atomic E-state index is 13.9. The summed E-state index contributed by atoms with van der Waals surface area (Å²) in [7, 11) is 1.26. The third-order valence-electron chi connectivity index (χ3n) is 4.62. The predicted octanol–water partition coefficient (Wildman–Crippen LogP) is 2.21. The third kappa shape index (κ3) is 4.73. The highest BCUT2D eigenvalue weighted by Gasteiger charge is 2.40. The summed E-state index contributed by atoms with van der Waals surface area (Å²) in [5, 5.41) is 6.64. The molecule has 1 aliphatic heterocycles. The molecule has 3 rings (SSSR count). The number of nitrogens with one attached hydrogen (secondary N) is 1. The number of carbonyl (C=O) groups excluding carboxylic acids is 1. The van der Waals surface area contributed by atoms with Crippen LogP contribution in [0.2, 0.25) is 0 Å². The molecule has 2 heterocycles. The molecular weight excluding hydrogens is 420 g/mol. The van der Waals surface area contributed by atoms with Crippen molar-refractivity contribution in [2.45, 2.75) is 38.1 Å². The van der Waals surface area contributed by atoms with Crippen LogP contribution in [0.3, 0.4) is 0 Å². The molecule has 0 radical (unpaired) electrons. The van der Waals surface area contributed by atoms with Gasteiger partial charge in [0.2, 0.25) is 11.7 Å². The van der Waals surface area contributed by atoms with Crippen LogP contribution in [0.15, 0.2) is 12.1 Å². The van der Waals surface area contributed by atoms with E-state index in [-0.39, 0.29) is 43.9 Å². The number of aromatic nitrogens is 3. The van der Waals surface area contributed by atoms with Crippen molar-refractivity contribution < 1.29 is 36.0 Å². The van der Waals surface area contributed by atoms with Gasteiger partial charge in [0.25, 0.3) is 0 Å². The minimum Gasteiger partial charge on any atom is -0.333 e. The highest BCUT2D eigenvalue weighted by Crippen LogP contribution is 2.29. The maximum Gasteiger partial charge on any atom is 0.451 e. The number of hydroxylamine groups is 1. The van der Waals surface area contributed by atoms with Gasteiger partial charge in [0, 0.05) is 31.6 Å². The summed E-state index contributed by atoms with van der Waals surface area (Å²) in [6.45, 7) is -0.323. The zero-order chi connectivity index (χ0) is 22.1. The molecule has 1 aromatic heterocycles. The molecule has 164 valence electrons. The van der Waals surface area contributed by atoms with Crippen molar-refractivity contribution in [2.24, 2.45) is 0 Å². The maximum atomic E-state index is 13.9. The minimum absolute atomic E-state index is 0.00775. The zero-order valence-corrected chi connectivity index (χ0v) is 15.6. The molecule has 0 aliphatic carbocycles. The molecule has 30 heavy (non-hydrogen) atoms. The fourth-order valence-corrected chi connectivity index (χ4v) is 3.23. The second-order valence-corrected chi connectivity index (χ2v) is 6.69. The normalized spacial score (nSPS) is 15.2. The summed E-state index contributed by atoms with van der Waals surface area (Å²) in [6, 6.07) is 0.306. The molecule has 1 unspecified atom stereocenters. The molecule has 1 atom stereocenters. The molecule has 0 bridgehead atoms. The zero-order valence-electron chi connectivity index (χ0n) is 15.6. The first kappa shape index (κ1) is 22.0. The van der Waals surface area contributed by atoms with Gasteiger partial charge in [-0.2, -0.15) is 18.7 Å². The van der Waals surface area contributed by atoms with Gasteiger partial charge in [0.1, 0.15) is 5.82 Å². The van der Waals surface area contributed by atoms with Crippen LogP contribution in [0.25, 0.3) is 0 Å². The van der Waals surface area contributed by atoms with Crippen LogP contribution in [0.5, 0.6) is 0 Å². The quantitative estimate of drug-likeness (QED) is 0.426. The van der Waals surface area contributed by atoms with E-state index in [0.717, 1.165) is 4.57 Å². The molecule has 1 aliphatic rings. The summed E-state index contributed by atoms with van der Waals surface area (Å²) in [5.41, 5.74) is 2.33. The molecule has 2 aromatic rings. The van der Waals surface area contributed by atoms with E-state index in [4.69, 9.17) is 4.84 Å². The van der Waals surface area contributed by atoms with Crippen LogP contribution < -0.4 is 5.48 Å². The van der Waals surface area contributed by atoms with E-state index in [2.05, 4.69) is 15.7 Å². The van der Waals surface area contributed by atoms with Gasteiger partial charge >= 0.3 is 6.18 Å². The molecule has 1 N–H and O–H groups in total. The Hall–Kier alpha value is -2.67. The topological polar surface area (TPSA) is 72.3 Å². The number of benzene rings is 1. The second-order valence-electron chi connectivity index (χ2n) is 6.69. The van der Waals surface area contributed by atoms with Crippen LogP contribution in [-0.2, 0) is 35.3 Å². The Morgan fingerprint density at radius 1 is 1.17 bits per heavy atom. The van der Waals surface area contributed by atoms with Gasteiger partial charge in [0.15, 0.2) is 17.5 Å². The summed E-state index contributed by atoms with van der Waals surface area (Å²) >= 11 is 0. The van der Waals surface area contributed by atoms with Crippen molar-refractivity contribution >= 4 is 5.91 Å². The number of amides is 1. The van der Waals surface area contributed by atoms with Crippen molar-refractivity contribution in [3.8, 4) is 0 Å². The van der Waals surface area contributed by atoms with E-state index in [1.807, 2.05) is 0 Å². The fourth-order valence-electron chi connectivity index (χ4n) is 3.23. The summed E-state index contributed by atoms with van der Waals surface area (Å²) in [4.78, 5) is 18.7. The van der Waals surface area contributed by atoms with E-state index in [1.54, 1.807) is 0 Å². The number of fused-ring (bicyclic) bond motifs is 1. The van der Waals surface area contributed by atoms with Gasteiger partial charge < -0.3 is 14.3 Å². The van der Waals surface area contributed by atoms with Gasteiger partial charge in [-0.05, 0) is 18.1 Å². The van der Waals surface area contributed by atoms with Gasteiger partial charge in [0.05, 0.1) is 13.7 Å². The van der Waals surface area contributed by atoms with E-state index < -0.39 is 41.4 Å². The van der Waals surface area contributed by atoms with E-state index in [0.29, 0.717) is 12.1 Å². The van der Waals surface area contributed by atoms with Gasteiger partial charge in [-0.15, -0.1) is 10.2 Å². The monoisotopic (exact) mass is 437 g/mol. The van der Waals surface area contributed by atoms with Crippen LogP contribution in [0, 0.1) is 17.5 Å². The molecule has 0 spiro atoms. The van der Waals surface area contributed by atoms with Gasteiger partial charge in [-0.3, -0.25) is 4.79 Å². The lowest BCUT2D eigenvalue weighted by Crippen LogP contribution is -2.43. The molecule has 13 heteroatoms. The SMILES string of the molecule is CONC(CC(=O)N1CCn2c(nnc2C(F)(F)F)C1)Cc1cc(F)c(F)cc1F. The van der Waals surface area contributed by atoms with Crippen molar-refractivity contribution in [3.05, 3.63) is 46.8 Å². The second kappa shape index (κ2) is 8.60. The fraction of sp³-hybridized carbons (Fsp3) is 0.471. The average molecular weight is 437 g/mol. The predicted molar refractivity (Wildman–Crippen MR) is 89.0 cm³/mol. The van der Waals surface area contributed by atoms with Crippen LogP contribution in [0.1, 0.15) is 23.6 Å². The average Bonchev–Trinajstić information content (AvgIpc) is 3.09. The van der Waals surface area contributed by atoms with Crippen LogP contribution in [-0.4, -0.2) is 45.3 Å². The molecule has 7 nitrogen and oxygen atoms in total. The first-order valence-electron chi connectivity index (χ1n) is 8.79. The van der Waals surface area contributed by atoms with Gasteiger partial charge in [-0.1, -0.05) is 0 Å². The number of carbonyl (C=O) groups is 1. The number of rotatable bonds is 6. The minimum atomic E-state index is -4.65. The Morgan fingerprint density at radius 3 is 2.53 bits per heavy atom. The number of hydrogen-bond acceptors (Lipinski definition) is 5. The molecule has 0 saturated heterocycles. The van der Waals surface area contributed by atoms with E-state index in [9.17, 15) is 31.1 Å². The van der Waals surface area contributed by atoms with Crippen LogP contribution in [0.4, 0.5) is 26.3 Å². The summed E-state index contributed by atoms with van der Waals surface area (Å²) < 4.78 is 80.0. The summed E-state index contributed by atoms with van der Waals surface area (Å²) in [5.74, 6) is -5.14. The van der Waals surface area contributed by atoms with E-state index >= 15 is 0 Å². The lowest BCUT2D eigenvalue weighted by atomic mass is 10.0. The Bertz CT molecular complexity index is 932.